The van der Waals surface area contributed by atoms with E-state index >= 15 is 0 Å². The van der Waals surface area contributed by atoms with Crippen molar-refractivity contribution in [1.29, 1.82) is 0 Å². The van der Waals surface area contributed by atoms with E-state index in [-0.39, 0.29) is 11.7 Å². The summed E-state index contributed by atoms with van der Waals surface area (Å²) in [5.41, 5.74) is 1.13. The Hall–Kier alpha value is -0.340. The predicted molar refractivity (Wildman–Crippen MR) is 49.0 cm³/mol. The van der Waals surface area contributed by atoms with Crippen LogP contribution in [-0.4, -0.2) is 23.4 Å². The molecular formula is C10H18O2. The van der Waals surface area contributed by atoms with Gasteiger partial charge in [-0.15, -0.1) is 0 Å². The number of allylic oxidation sites excluding steroid dienone is 2. The molecule has 2 nitrogen and oxygen atoms in total. The maximum Gasteiger partial charge on any atom is 0.117 e. The summed E-state index contributed by atoms with van der Waals surface area (Å²) in [6.45, 7) is 6.70. The van der Waals surface area contributed by atoms with E-state index in [4.69, 9.17) is 4.74 Å². The number of epoxide rings is 1. The number of aliphatic hydroxyl groups excluding tert-OH is 1. The van der Waals surface area contributed by atoms with Gasteiger partial charge in [-0.1, -0.05) is 11.6 Å². The summed E-state index contributed by atoms with van der Waals surface area (Å²) in [6, 6.07) is 0. The summed E-state index contributed by atoms with van der Waals surface area (Å²) in [4.78, 5) is 0. The highest BCUT2D eigenvalue weighted by molar-refractivity contribution is 5.01. The normalized spacial score (nSPS) is 29.7. The molecule has 1 rings (SSSR count). The van der Waals surface area contributed by atoms with Crippen LogP contribution in [0.25, 0.3) is 0 Å². The van der Waals surface area contributed by atoms with Crippen LogP contribution < -0.4 is 0 Å². The summed E-state index contributed by atoms with van der Waals surface area (Å²) in [5.74, 6) is 0. The minimum absolute atomic E-state index is 0.202. The van der Waals surface area contributed by atoms with Crippen LogP contribution in [0, 0.1) is 0 Å². The van der Waals surface area contributed by atoms with E-state index in [1.54, 1.807) is 6.92 Å². The lowest BCUT2D eigenvalue weighted by molar-refractivity contribution is 0.0847. The van der Waals surface area contributed by atoms with Crippen LogP contribution >= 0.6 is 0 Å². The highest BCUT2D eigenvalue weighted by Crippen LogP contribution is 2.35. The summed E-state index contributed by atoms with van der Waals surface area (Å²) in [5, 5.41) is 9.36. The average Bonchev–Trinajstić information content (AvgIpc) is 2.68. The van der Waals surface area contributed by atoms with Crippen molar-refractivity contribution in [2.45, 2.75) is 45.3 Å². The van der Waals surface area contributed by atoms with Gasteiger partial charge in [0.1, 0.15) is 5.60 Å². The summed E-state index contributed by atoms with van der Waals surface area (Å²) < 4.78 is 5.26. The number of ether oxygens (including phenoxy) is 1. The zero-order chi connectivity index (χ0) is 9.19. The van der Waals surface area contributed by atoms with Gasteiger partial charge in [0.05, 0.1) is 12.7 Å². The lowest BCUT2D eigenvalue weighted by atomic mass is 9.98. The number of hydrogen-bond acceptors (Lipinski definition) is 2. The van der Waals surface area contributed by atoms with E-state index in [2.05, 4.69) is 19.9 Å². The average molecular weight is 170 g/mol. The topological polar surface area (TPSA) is 32.8 Å². The second kappa shape index (κ2) is 3.58. The first-order valence-corrected chi connectivity index (χ1v) is 4.52. The number of aliphatic hydroxyl groups is 1. The molecule has 1 aliphatic heterocycles. The molecule has 0 aromatic heterocycles. The largest absolute Gasteiger partial charge is 0.390 e. The van der Waals surface area contributed by atoms with Gasteiger partial charge in [-0.2, -0.15) is 0 Å². The van der Waals surface area contributed by atoms with Crippen molar-refractivity contribution in [3.05, 3.63) is 11.6 Å². The van der Waals surface area contributed by atoms with Gasteiger partial charge in [0.15, 0.2) is 0 Å². The van der Waals surface area contributed by atoms with Crippen LogP contribution in [0.15, 0.2) is 11.6 Å². The molecule has 0 unspecified atom stereocenters. The fourth-order valence-corrected chi connectivity index (χ4v) is 1.29. The highest BCUT2D eigenvalue weighted by atomic mass is 16.6. The van der Waals surface area contributed by atoms with Crippen molar-refractivity contribution in [3.63, 3.8) is 0 Å². The molecule has 2 heteroatoms. The molecule has 1 N–H and O–H groups in total. The fourth-order valence-electron chi connectivity index (χ4n) is 1.29. The Balaban J connectivity index is 2.28. The third-order valence-corrected chi connectivity index (χ3v) is 2.40. The summed E-state index contributed by atoms with van der Waals surface area (Å²) in [6.07, 6.45) is 3.80. The van der Waals surface area contributed by atoms with E-state index in [0.717, 1.165) is 19.4 Å². The molecule has 2 atom stereocenters. The summed E-state index contributed by atoms with van der Waals surface area (Å²) in [7, 11) is 0. The molecule has 1 saturated heterocycles. The molecule has 0 amide bonds. The molecule has 1 heterocycles. The lowest BCUT2D eigenvalue weighted by Gasteiger charge is -2.13. The van der Waals surface area contributed by atoms with Crippen LogP contribution in [0.5, 0.6) is 0 Å². The molecular weight excluding hydrogens is 152 g/mol. The Kier molecular flexibility index (Phi) is 2.91. The quantitative estimate of drug-likeness (QED) is 0.516. The van der Waals surface area contributed by atoms with E-state index in [9.17, 15) is 5.11 Å². The van der Waals surface area contributed by atoms with Crippen molar-refractivity contribution in [2.75, 3.05) is 6.61 Å². The molecule has 1 fully saturated rings. The number of hydrogen-bond donors (Lipinski definition) is 1. The van der Waals surface area contributed by atoms with Gasteiger partial charge in [-0.3, -0.25) is 0 Å². The van der Waals surface area contributed by atoms with Gasteiger partial charge in [0, 0.05) is 0 Å². The van der Waals surface area contributed by atoms with Crippen LogP contribution in [0.2, 0.25) is 0 Å². The first-order valence-electron chi connectivity index (χ1n) is 4.52. The Bertz CT molecular complexity index is 174. The molecule has 0 radical (unpaired) electrons. The minimum Gasteiger partial charge on any atom is -0.390 e. The molecule has 70 valence electrons. The van der Waals surface area contributed by atoms with E-state index in [1.807, 2.05) is 0 Å². The van der Waals surface area contributed by atoms with Gasteiger partial charge in [-0.25, -0.2) is 0 Å². The van der Waals surface area contributed by atoms with Crippen molar-refractivity contribution in [1.82, 2.24) is 0 Å². The first-order chi connectivity index (χ1) is 5.57. The van der Waals surface area contributed by atoms with Crippen molar-refractivity contribution in [2.24, 2.45) is 0 Å². The van der Waals surface area contributed by atoms with Crippen LogP contribution in [0.4, 0.5) is 0 Å². The standard InChI is InChI=1S/C10H18O2/c1-8(2)5-4-6-10(7-12-10)9(3)11/h5,9,11H,4,6-7H2,1-3H3/t9-,10-/m1/s1. The van der Waals surface area contributed by atoms with Crippen LogP contribution in [0.1, 0.15) is 33.6 Å². The molecule has 12 heavy (non-hydrogen) atoms. The molecule has 0 saturated carbocycles. The summed E-state index contributed by atoms with van der Waals surface area (Å²) >= 11 is 0. The monoisotopic (exact) mass is 170 g/mol. The van der Waals surface area contributed by atoms with Crippen LogP contribution in [-0.2, 0) is 4.74 Å². The zero-order valence-corrected chi connectivity index (χ0v) is 8.13. The second-order valence-corrected chi connectivity index (χ2v) is 3.85. The Labute approximate surface area is 74.2 Å². The van der Waals surface area contributed by atoms with Crippen molar-refractivity contribution >= 4 is 0 Å². The molecule has 1 aliphatic rings. The van der Waals surface area contributed by atoms with Crippen molar-refractivity contribution < 1.29 is 9.84 Å². The Morgan fingerprint density at radius 2 is 2.25 bits per heavy atom. The van der Waals surface area contributed by atoms with Gasteiger partial charge in [-0.05, 0) is 33.6 Å². The lowest BCUT2D eigenvalue weighted by Crippen LogP contribution is -2.26. The number of rotatable bonds is 4. The Morgan fingerprint density at radius 1 is 1.67 bits per heavy atom. The Morgan fingerprint density at radius 3 is 2.58 bits per heavy atom. The SMILES string of the molecule is CC(C)=CCC[C@]1([C@@H](C)O)CO1. The second-order valence-electron chi connectivity index (χ2n) is 3.85. The molecule has 0 spiro atoms. The maximum absolute atomic E-state index is 9.36. The van der Waals surface area contributed by atoms with Gasteiger partial charge in [0.2, 0.25) is 0 Å². The third kappa shape index (κ3) is 2.32. The minimum atomic E-state index is -0.330. The fraction of sp³-hybridized carbons (Fsp3) is 0.800. The van der Waals surface area contributed by atoms with E-state index in [0.29, 0.717) is 0 Å². The predicted octanol–water partition coefficient (Wildman–Crippen LogP) is 1.88. The van der Waals surface area contributed by atoms with Gasteiger partial charge < -0.3 is 9.84 Å². The molecule has 0 aromatic carbocycles. The van der Waals surface area contributed by atoms with E-state index < -0.39 is 0 Å². The molecule has 0 aliphatic carbocycles. The molecule has 0 aromatic rings. The van der Waals surface area contributed by atoms with Crippen molar-refractivity contribution in [3.8, 4) is 0 Å². The third-order valence-electron chi connectivity index (χ3n) is 2.40. The highest BCUT2D eigenvalue weighted by Gasteiger charge is 2.48. The first kappa shape index (κ1) is 9.75. The smallest absolute Gasteiger partial charge is 0.117 e. The molecule has 0 bridgehead atoms. The zero-order valence-electron chi connectivity index (χ0n) is 8.13. The maximum atomic E-state index is 9.36. The van der Waals surface area contributed by atoms with Gasteiger partial charge in [0.25, 0.3) is 0 Å². The van der Waals surface area contributed by atoms with Gasteiger partial charge >= 0.3 is 0 Å². The van der Waals surface area contributed by atoms with Crippen LogP contribution in [0.3, 0.4) is 0 Å². The van der Waals surface area contributed by atoms with E-state index in [1.165, 1.54) is 5.57 Å².